The number of carbonyl (C=O) groups excluding carboxylic acids is 1. The Morgan fingerprint density at radius 1 is 1.00 bits per heavy atom. The van der Waals surface area contributed by atoms with Gasteiger partial charge in [-0.25, -0.2) is 0 Å². The van der Waals surface area contributed by atoms with Crippen molar-refractivity contribution >= 4 is 11.6 Å². The summed E-state index contributed by atoms with van der Waals surface area (Å²) in [5, 5.41) is 2.87. The molecule has 0 bridgehead atoms. The molecule has 0 fully saturated rings. The molecule has 17 heavy (non-hydrogen) atoms. The SMILES string of the molecule is CCc1ccc(NC(=O)c2ccccc2)cc1. The van der Waals surface area contributed by atoms with Crippen molar-refractivity contribution in [3.63, 3.8) is 0 Å². The smallest absolute Gasteiger partial charge is 0.255 e. The number of carbonyl (C=O) groups is 1. The topological polar surface area (TPSA) is 29.1 Å². The molecule has 2 heteroatoms. The second kappa shape index (κ2) is 5.30. The average molecular weight is 225 g/mol. The molecule has 2 rings (SSSR count). The number of aryl methyl sites for hydroxylation is 1. The quantitative estimate of drug-likeness (QED) is 0.851. The second-order valence-corrected chi connectivity index (χ2v) is 3.87. The van der Waals surface area contributed by atoms with E-state index in [0.717, 1.165) is 12.1 Å². The van der Waals surface area contributed by atoms with Crippen LogP contribution in [0.15, 0.2) is 54.6 Å². The van der Waals surface area contributed by atoms with Gasteiger partial charge in [0.25, 0.3) is 5.91 Å². The summed E-state index contributed by atoms with van der Waals surface area (Å²) >= 11 is 0. The Morgan fingerprint density at radius 3 is 2.24 bits per heavy atom. The summed E-state index contributed by atoms with van der Waals surface area (Å²) in [6.07, 6.45) is 1.01. The lowest BCUT2D eigenvalue weighted by Crippen LogP contribution is -2.11. The van der Waals surface area contributed by atoms with Crippen LogP contribution in [0.1, 0.15) is 22.8 Å². The van der Waals surface area contributed by atoms with E-state index in [2.05, 4.69) is 12.2 Å². The molecule has 0 aliphatic rings. The lowest BCUT2D eigenvalue weighted by atomic mass is 10.1. The van der Waals surface area contributed by atoms with Crippen molar-refractivity contribution in [1.29, 1.82) is 0 Å². The number of hydrogen-bond donors (Lipinski definition) is 1. The molecule has 0 unspecified atom stereocenters. The van der Waals surface area contributed by atoms with Crippen LogP contribution in [0.2, 0.25) is 0 Å². The highest BCUT2D eigenvalue weighted by molar-refractivity contribution is 6.04. The van der Waals surface area contributed by atoms with Gasteiger partial charge in [0.15, 0.2) is 0 Å². The number of anilines is 1. The Morgan fingerprint density at radius 2 is 1.65 bits per heavy atom. The molecule has 2 aromatic rings. The first-order valence-electron chi connectivity index (χ1n) is 5.75. The van der Waals surface area contributed by atoms with E-state index in [-0.39, 0.29) is 5.91 Å². The molecule has 0 saturated heterocycles. The molecule has 0 saturated carbocycles. The van der Waals surface area contributed by atoms with Crippen molar-refractivity contribution < 1.29 is 4.79 Å². The lowest BCUT2D eigenvalue weighted by Gasteiger charge is -2.05. The molecule has 0 aliphatic carbocycles. The van der Waals surface area contributed by atoms with Gasteiger partial charge in [0.05, 0.1) is 0 Å². The molecule has 0 radical (unpaired) electrons. The summed E-state index contributed by atoms with van der Waals surface area (Å²) in [6.45, 7) is 2.11. The fourth-order valence-corrected chi connectivity index (χ4v) is 1.62. The summed E-state index contributed by atoms with van der Waals surface area (Å²) in [7, 11) is 0. The van der Waals surface area contributed by atoms with Gasteiger partial charge in [-0.15, -0.1) is 0 Å². The van der Waals surface area contributed by atoms with E-state index in [1.54, 1.807) is 12.1 Å². The van der Waals surface area contributed by atoms with E-state index >= 15 is 0 Å². The summed E-state index contributed by atoms with van der Waals surface area (Å²) in [6, 6.07) is 17.1. The molecule has 1 amide bonds. The predicted molar refractivity (Wildman–Crippen MR) is 70.2 cm³/mol. The Labute approximate surface area is 101 Å². The number of rotatable bonds is 3. The van der Waals surface area contributed by atoms with Gasteiger partial charge in [-0.3, -0.25) is 4.79 Å². The number of hydrogen-bond acceptors (Lipinski definition) is 1. The first-order valence-corrected chi connectivity index (χ1v) is 5.75. The van der Waals surface area contributed by atoms with Gasteiger partial charge >= 0.3 is 0 Å². The number of benzene rings is 2. The number of amides is 1. The van der Waals surface area contributed by atoms with Crippen LogP contribution < -0.4 is 5.32 Å². The third-order valence-corrected chi connectivity index (χ3v) is 2.66. The minimum absolute atomic E-state index is 0.0742. The summed E-state index contributed by atoms with van der Waals surface area (Å²) in [5.41, 5.74) is 2.77. The molecule has 0 spiro atoms. The zero-order valence-corrected chi connectivity index (χ0v) is 9.81. The molecule has 0 atom stereocenters. The lowest BCUT2D eigenvalue weighted by molar-refractivity contribution is 0.102. The summed E-state index contributed by atoms with van der Waals surface area (Å²) in [4.78, 5) is 11.9. The van der Waals surface area contributed by atoms with Crippen molar-refractivity contribution in [3.8, 4) is 0 Å². The van der Waals surface area contributed by atoms with Crippen LogP contribution in [0.3, 0.4) is 0 Å². The van der Waals surface area contributed by atoms with Gasteiger partial charge in [0, 0.05) is 11.3 Å². The van der Waals surface area contributed by atoms with Crippen molar-refractivity contribution in [2.24, 2.45) is 0 Å². The maximum absolute atomic E-state index is 11.9. The third-order valence-electron chi connectivity index (χ3n) is 2.66. The monoisotopic (exact) mass is 225 g/mol. The number of nitrogens with one attached hydrogen (secondary N) is 1. The van der Waals surface area contributed by atoms with Gasteiger partial charge in [-0.1, -0.05) is 37.3 Å². The van der Waals surface area contributed by atoms with Gasteiger partial charge in [-0.05, 0) is 36.2 Å². The van der Waals surface area contributed by atoms with E-state index in [1.807, 2.05) is 42.5 Å². The van der Waals surface area contributed by atoms with Crippen molar-refractivity contribution in [1.82, 2.24) is 0 Å². The van der Waals surface area contributed by atoms with Crippen LogP contribution in [0.25, 0.3) is 0 Å². The van der Waals surface area contributed by atoms with Gasteiger partial charge in [0.1, 0.15) is 0 Å². The van der Waals surface area contributed by atoms with Crippen LogP contribution in [0, 0.1) is 0 Å². The Hall–Kier alpha value is -2.09. The summed E-state index contributed by atoms with van der Waals surface area (Å²) < 4.78 is 0. The van der Waals surface area contributed by atoms with Crippen LogP contribution in [0.5, 0.6) is 0 Å². The molecule has 1 N–H and O–H groups in total. The van der Waals surface area contributed by atoms with Crippen LogP contribution in [-0.4, -0.2) is 5.91 Å². The largest absolute Gasteiger partial charge is 0.322 e. The fourth-order valence-electron chi connectivity index (χ4n) is 1.62. The first-order chi connectivity index (χ1) is 8.29. The summed E-state index contributed by atoms with van der Waals surface area (Å²) in [5.74, 6) is -0.0742. The Bertz CT molecular complexity index is 488. The highest BCUT2D eigenvalue weighted by Gasteiger charge is 2.04. The zero-order valence-electron chi connectivity index (χ0n) is 9.81. The van der Waals surface area contributed by atoms with E-state index in [1.165, 1.54) is 5.56 Å². The Kier molecular flexibility index (Phi) is 3.55. The van der Waals surface area contributed by atoms with E-state index in [0.29, 0.717) is 5.56 Å². The van der Waals surface area contributed by atoms with Gasteiger partial charge in [-0.2, -0.15) is 0 Å². The van der Waals surface area contributed by atoms with Crippen molar-refractivity contribution in [2.75, 3.05) is 5.32 Å². The average Bonchev–Trinajstić information content (AvgIpc) is 2.40. The standard InChI is InChI=1S/C15H15NO/c1-2-12-8-10-14(11-9-12)16-15(17)13-6-4-3-5-7-13/h3-11H,2H2,1H3,(H,16,17). The molecule has 2 aromatic carbocycles. The molecule has 0 heterocycles. The molecule has 86 valence electrons. The molecular weight excluding hydrogens is 210 g/mol. The maximum Gasteiger partial charge on any atom is 0.255 e. The van der Waals surface area contributed by atoms with Crippen LogP contribution in [0.4, 0.5) is 5.69 Å². The fraction of sp³-hybridized carbons (Fsp3) is 0.133. The van der Waals surface area contributed by atoms with Crippen LogP contribution >= 0.6 is 0 Å². The second-order valence-electron chi connectivity index (χ2n) is 3.87. The molecule has 0 aromatic heterocycles. The minimum Gasteiger partial charge on any atom is -0.322 e. The van der Waals surface area contributed by atoms with Crippen LogP contribution in [-0.2, 0) is 6.42 Å². The van der Waals surface area contributed by atoms with E-state index in [4.69, 9.17) is 0 Å². The molecule has 2 nitrogen and oxygen atoms in total. The Balaban J connectivity index is 2.08. The van der Waals surface area contributed by atoms with E-state index in [9.17, 15) is 4.79 Å². The minimum atomic E-state index is -0.0742. The molecular formula is C15H15NO. The van der Waals surface area contributed by atoms with Gasteiger partial charge < -0.3 is 5.32 Å². The predicted octanol–water partition coefficient (Wildman–Crippen LogP) is 3.50. The molecule has 0 aliphatic heterocycles. The van der Waals surface area contributed by atoms with Crippen molar-refractivity contribution in [3.05, 3.63) is 65.7 Å². The highest BCUT2D eigenvalue weighted by Crippen LogP contribution is 2.11. The van der Waals surface area contributed by atoms with E-state index < -0.39 is 0 Å². The maximum atomic E-state index is 11.9. The van der Waals surface area contributed by atoms with Crippen molar-refractivity contribution in [2.45, 2.75) is 13.3 Å². The zero-order chi connectivity index (χ0) is 12.1. The normalized spacial score (nSPS) is 9.94. The highest BCUT2D eigenvalue weighted by atomic mass is 16.1. The first kappa shape index (κ1) is 11.4. The third kappa shape index (κ3) is 2.94. The van der Waals surface area contributed by atoms with Gasteiger partial charge in [0.2, 0.25) is 0 Å².